The van der Waals surface area contributed by atoms with Crippen molar-refractivity contribution in [2.45, 2.75) is 33.2 Å². The third-order valence-corrected chi connectivity index (χ3v) is 3.06. The van der Waals surface area contributed by atoms with Crippen molar-refractivity contribution in [3.05, 3.63) is 47.1 Å². The van der Waals surface area contributed by atoms with Crippen LogP contribution in [0.25, 0.3) is 0 Å². The van der Waals surface area contributed by atoms with Gasteiger partial charge in [-0.05, 0) is 31.9 Å². The molecule has 2 aromatic heterocycles. The normalized spacial score (nSPS) is 12.6. The van der Waals surface area contributed by atoms with E-state index >= 15 is 0 Å². The molecule has 0 saturated heterocycles. The number of aromatic nitrogens is 2. The highest BCUT2D eigenvalue weighted by Crippen LogP contribution is 2.22. The van der Waals surface area contributed by atoms with Gasteiger partial charge in [-0.25, -0.2) is 0 Å². The first-order valence-corrected chi connectivity index (χ1v) is 6.22. The van der Waals surface area contributed by atoms with Gasteiger partial charge in [-0.2, -0.15) is 0 Å². The van der Waals surface area contributed by atoms with Crippen molar-refractivity contribution in [1.29, 1.82) is 0 Å². The molecule has 0 amide bonds. The van der Waals surface area contributed by atoms with Crippen LogP contribution in [-0.4, -0.2) is 16.7 Å². The van der Waals surface area contributed by atoms with Gasteiger partial charge in [-0.15, -0.1) is 0 Å². The average Bonchev–Trinajstić information content (AvgIpc) is 2.70. The molecule has 2 rings (SSSR count). The van der Waals surface area contributed by atoms with E-state index in [2.05, 4.69) is 22.4 Å². The standard InChI is InChI=1S/C14H19N3O/c1-10(14-11(2)17-18-12(14)3)8-15-9-13-6-4-5-7-16-13/h4-7,10,15H,8-9H2,1-3H3. The number of pyridine rings is 1. The minimum absolute atomic E-state index is 0.389. The van der Waals surface area contributed by atoms with E-state index in [1.54, 1.807) is 0 Å². The molecule has 0 saturated carbocycles. The first-order chi connectivity index (χ1) is 8.68. The predicted molar refractivity (Wildman–Crippen MR) is 70.3 cm³/mol. The van der Waals surface area contributed by atoms with Crippen LogP contribution in [0, 0.1) is 13.8 Å². The molecule has 0 fully saturated rings. The van der Waals surface area contributed by atoms with E-state index in [9.17, 15) is 0 Å². The van der Waals surface area contributed by atoms with Gasteiger partial charge in [0.1, 0.15) is 5.76 Å². The third kappa shape index (κ3) is 2.96. The average molecular weight is 245 g/mol. The predicted octanol–water partition coefficient (Wildman–Crippen LogP) is 2.58. The van der Waals surface area contributed by atoms with Gasteiger partial charge in [0, 0.05) is 24.8 Å². The van der Waals surface area contributed by atoms with Crippen molar-refractivity contribution < 1.29 is 4.52 Å². The Balaban J connectivity index is 1.88. The Bertz CT molecular complexity index is 473. The molecule has 0 aliphatic rings. The summed E-state index contributed by atoms with van der Waals surface area (Å²) >= 11 is 0. The summed E-state index contributed by atoms with van der Waals surface area (Å²) in [6.07, 6.45) is 1.81. The van der Waals surface area contributed by atoms with Gasteiger partial charge in [-0.3, -0.25) is 4.98 Å². The number of aryl methyl sites for hydroxylation is 2. The minimum atomic E-state index is 0.389. The molecular weight excluding hydrogens is 226 g/mol. The maximum atomic E-state index is 5.19. The van der Waals surface area contributed by atoms with Crippen LogP contribution in [0.1, 0.15) is 35.6 Å². The fourth-order valence-electron chi connectivity index (χ4n) is 2.22. The molecule has 0 aliphatic heterocycles. The molecule has 0 aliphatic carbocycles. The highest BCUT2D eigenvalue weighted by atomic mass is 16.5. The first-order valence-electron chi connectivity index (χ1n) is 6.22. The molecule has 4 nitrogen and oxygen atoms in total. The van der Waals surface area contributed by atoms with Gasteiger partial charge in [0.2, 0.25) is 0 Å². The van der Waals surface area contributed by atoms with E-state index in [0.29, 0.717) is 5.92 Å². The Labute approximate surface area is 107 Å². The second-order valence-corrected chi connectivity index (χ2v) is 4.59. The summed E-state index contributed by atoms with van der Waals surface area (Å²) in [5.74, 6) is 1.31. The second-order valence-electron chi connectivity index (χ2n) is 4.59. The van der Waals surface area contributed by atoms with Crippen LogP contribution in [0.4, 0.5) is 0 Å². The molecule has 1 N–H and O–H groups in total. The molecule has 1 atom stereocenters. The Morgan fingerprint density at radius 3 is 2.78 bits per heavy atom. The van der Waals surface area contributed by atoms with E-state index in [4.69, 9.17) is 4.52 Å². The third-order valence-electron chi connectivity index (χ3n) is 3.06. The van der Waals surface area contributed by atoms with Crippen LogP contribution in [0.5, 0.6) is 0 Å². The molecule has 2 aromatic rings. The summed E-state index contributed by atoms with van der Waals surface area (Å²) in [7, 11) is 0. The van der Waals surface area contributed by atoms with Crippen LogP contribution in [-0.2, 0) is 6.54 Å². The summed E-state index contributed by atoms with van der Waals surface area (Å²) in [6, 6.07) is 5.95. The number of hydrogen-bond acceptors (Lipinski definition) is 4. The van der Waals surface area contributed by atoms with Gasteiger partial charge >= 0.3 is 0 Å². The van der Waals surface area contributed by atoms with Gasteiger partial charge < -0.3 is 9.84 Å². The lowest BCUT2D eigenvalue weighted by Gasteiger charge is -2.12. The SMILES string of the molecule is Cc1noc(C)c1C(C)CNCc1ccccn1. The molecular formula is C14H19N3O. The molecule has 2 heterocycles. The van der Waals surface area contributed by atoms with Crippen molar-refractivity contribution in [2.75, 3.05) is 6.54 Å². The lowest BCUT2D eigenvalue weighted by Crippen LogP contribution is -2.20. The molecule has 18 heavy (non-hydrogen) atoms. The molecule has 0 radical (unpaired) electrons. The molecule has 0 spiro atoms. The minimum Gasteiger partial charge on any atom is -0.361 e. The maximum absolute atomic E-state index is 5.19. The van der Waals surface area contributed by atoms with Crippen molar-refractivity contribution in [3.8, 4) is 0 Å². The summed E-state index contributed by atoms with van der Waals surface area (Å²) < 4.78 is 5.19. The van der Waals surface area contributed by atoms with Crippen molar-refractivity contribution in [1.82, 2.24) is 15.5 Å². The lowest BCUT2D eigenvalue weighted by molar-refractivity contribution is 0.391. The number of nitrogens with one attached hydrogen (secondary N) is 1. The van der Waals surface area contributed by atoms with E-state index < -0.39 is 0 Å². The van der Waals surface area contributed by atoms with Crippen LogP contribution >= 0.6 is 0 Å². The Morgan fingerprint density at radius 2 is 2.17 bits per heavy atom. The maximum Gasteiger partial charge on any atom is 0.137 e. The van der Waals surface area contributed by atoms with Crippen LogP contribution in [0.15, 0.2) is 28.9 Å². The Hall–Kier alpha value is -1.68. The highest BCUT2D eigenvalue weighted by Gasteiger charge is 2.15. The second kappa shape index (κ2) is 5.78. The topological polar surface area (TPSA) is 51.0 Å². The highest BCUT2D eigenvalue weighted by molar-refractivity contribution is 5.25. The first kappa shape index (κ1) is 12.8. The summed E-state index contributed by atoms with van der Waals surface area (Å²) in [5.41, 5.74) is 3.26. The van der Waals surface area contributed by atoms with Crippen molar-refractivity contribution in [3.63, 3.8) is 0 Å². The molecule has 1 unspecified atom stereocenters. The van der Waals surface area contributed by atoms with Crippen molar-refractivity contribution >= 4 is 0 Å². The smallest absolute Gasteiger partial charge is 0.137 e. The number of hydrogen-bond donors (Lipinski definition) is 1. The Morgan fingerprint density at radius 1 is 1.33 bits per heavy atom. The summed E-state index contributed by atoms with van der Waals surface area (Å²) in [5, 5.41) is 7.40. The van der Waals surface area contributed by atoms with Gasteiger partial charge in [0.15, 0.2) is 0 Å². The monoisotopic (exact) mass is 245 g/mol. The fraction of sp³-hybridized carbons (Fsp3) is 0.429. The quantitative estimate of drug-likeness (QED) is 0.879. The number of rotatable bonds is 5. The largest absolute Gasteiger partial charge is 0.361 e. The van der Waals surface area contributed by atoms with Gasteiger partial charge in [-0.1, -0.05) is 18.1 Å². The van der Waals surface area contributed by atoms with Crippen molar-refractivity contribution in [2.24, 2.45) is 0 Å². The van der Waals surface area contributed by atoms with E-state index in [1.807, 2.05) is 38.2 Å². The number of nitrogens with zero attached hydrogens (tertiary/aromatic N) is 2. The molecule has 4 heteroatoms. The Kier molecular flexibility index (Phi) is 4.10. The van der Waals surface area contributed by atoms with E-state index in [-0.39, 0.29) is 0 Å². The summed E-state index contributed by atoms with van der Waals surface area (Å²) in [4.78, 5) is 4.28. The van der Waals surface area contributed by atoms with E-state index in [1.165, 1.54) is 5.56 Å². The zero-order chi connectivity index (χ0) is 13.0. The lowest BCUT2D eigenvalue weighted by atomic mass is 9.99. The van der Waals surface area contributed by atoms with Crippen LogP contribution < -0.4 is 5.32 Å². The zero-order valence-corrected chi connectivity index (χ0v) is 11.1. The summed E-state index contributed by atoms with van der Waals surface area (Å²) in [6.45, 7) is 7.80. The fourth-order valence-corrected chi connectivity index (χ4v) is 2.22. The molecule has 96 valence electrons. The van der Waals surface area contributed by atoms with Crippen LogP contribution in [0.3, 0.4) is 0 Å². The molecule has 0 bridgehead atoms. The van der Waals surface area contributed by atoms with Gasteiger partial charge in [0.05, 0.1) is 11.4 Å². The molecule has 0 aromatic carbocycles. The van der Waals surface area contributed by atoms with Gasteiger partial charge in [0.25, 0.3) is 0 Å². The van der Waals surface area contributed by atoms with Crippen LogP contribution in [0.2, 0.25) is 0 Å². The van der Waals surface area contributed by atoms with E-state index in [0.717, 1.165) is 30.2 Å². The zero-order valence-electron chi connectivity index (χ0n) is 11.1.